The maximum absolute atomic E-state index is 12.7. The molecule has 0 radical (unpaired) electrons. The molecule has 0 fully saturated rings. The first-order chi connectivity index (χ1) is 9.55. The van der Waals surface area contributed by atoms with Gasteiger partial charge >= 0.3 is 0 Å². The molecule has 0 saturated heterocycles. The molecule has 1 unspecified atom stereocenters. The fraction of sp³-hybridized carbons (Fsp3) is 0.600. The summed E-state index contributed by atoms with van der Waals surface area (Å²) >= 11 is 0. The van der Waals surface area contributed by atoms with Crippen molar-refractivity contribution >= 4 is 10.0 Å². The molecule has 1 rings (SSSR count). The highest BCUT2D eigenvalue weighted by Gasteiger charge is 2.32. The summed E-state index contributed by atoms with van der Waals surface area (Å²) < 4.78 is 32.1. The van der Waals surface area contributed by atoms with Crippen LogP contribution < -0.4 is 10.5 Å². The van der Waals surface area contributed by atoms with E-state index in [-0.39, 0.29) is 22.9 Å². The number of rotatable bonds is 5. The maximum Gasteiger partial charge on any atom is 0.243 e. The van der Waals surface area contributed by atoms with Gasteiger partial charge in [0.05, 0.1) is 12.0 Å². The zero-order chi connectivity index (χ0) is 16.4. The topological polar surface area (TPSA) is 72.6 Å². The number of nitrogens with zero attached hydrogens (tertiary/aromatic N) is 1. The number of benzene rings is 1. The van der Waals surface area contributed by atoms with Crippen LogP contribution in [-0.2, 0) is 16.6 Å². The van der Waals surface area contributed by atoms with Gasteiger partial charge in [0, 0.05) is 25.2 Å². The minimum Gasteiger partial charge on any atom is -0.496 e. The average molecular weight is 314 g/mol. The van der Waals surface area contributed by atoms with Gasteiger partial charge in [-0.1, -0.05) is 20.8 Å². The molecule has 120 valence electrons. The second-order valence-corrected chi connectivity index (χ2v) is 8.24. The van der Waals surface area contributed by atoms with Crippen LogP contribution in [0, 0.1) is 5.41 Å². The Morgan fingerprint density at radius 1 is 1.33 bits per heavy atom. The molecule has 21 heavy (non-hydrogen) atoms. The standard InChI is InChI=1S/C15H26N2O3S/c1-11(15(2,3)4)17(5)21(18,19)13-7-8-14(20-6)12(9-13)10-16/h7-9,11H,10,16H2,1-6H3. The SMILES string of the molecule is COc1ccc(S(=O)(=O)N(C)C(C)C(C)(C)C)cc1CN. The summed E-state index contributed by atoms with van der Waals surface area (Å²) in [6.45, 7) is 8.19. The third kappa shape index (κ3) is 3.75. The molecule has 0 heterocycles. The van der Waals surface area contributed by atoms with Crippen molar-refractivity contribution in [3.05, 3.63) is 23.8 Å². The van der Waals surface area contributed by atoms with Gasteiger partial charge in [0.1, 0.15) is 5.75 Å². The first kappa shape index (κ1) is 17.9. The number of nitrogens with two attached hydrogens (primary N) is 1. The van der Waals surface area contributed by atoms with E-state index in [0.717, 1.165) is 0 Å². The van der Waals surface area contributed by atoms with E-state index in [0.29, 0.717) is 11.3 Å². The van der Waals surface area contributed by atoms with E-state index in [1.54, 1.807) is 25.2 Å². The Hall–Kier alpha value is -1.11. The Balaban J connectivity index is 3.25. The van der Waals surface area contributed by atoms with Crippen LogP contribution in [0.2, 0.25) is 0 Å². The Labute approximate surface area is 128 Å². The van der Waals surface area contributed by atoms with Crippen LogP contribution in [0.3, 0.4) is 0 Å². The van der Waals surface area contributed by atoms with Gasteiger partial charge in [-0.05, 0) is 30.5 Å². The van der Waals surface area contributed by atoms with Crippen molar-refractivity contribution in [1.82, 2.24) is 4.31 Å². The monoisotopic (exact) mass is 314 g/mol. The zero-order valence-electron chi connectivity index (χ0n) is 13.7. The van der Waals surface area contributed by atoms with Crippen molar-refractivity contribution in [3.8, 4) is 5.75 Å². The van der Waals surface area contributed by atoms with Gasteiger partial charge in [0.2, 0.25) is 10.0 Å². The van der Waals surface area contributed by atoms with Crippen LogP contribution in [-0.4, -0.2) is 32.9 Å². The van der Waals surface area contributed by atoms with Gasteiger partial charge in [0.25, 0.3) is 0 Å². The number of hydrogen-bond acceptors (Lipinski definition) is 4. The van der Waals surface area contributed by atoms with E-state index in [1.807, 2.05) is 27.7 Å². The minimum absolute atomic E-state index is 0.133. The molecule has 0 aliphatic heterocycles. The molecule has 0 aliphatic rings. The van der Waals surface area contributed by atoms with Crippen molar-refractivity contribution in [2.75, 3.05) is 14.2 Å². The molecule has 0 aliphatic carbocycles. The van der Waals surface area contributed by atoms with Crippen molar-refractivity contribution in [3.63, 3.8) is 0 Å². The number of sulfonamides is 1. The smallest absolute Gasteiger partial charge is 0.243 e. The normalized spacial score (nSPS) is 14.3. The lowest BCUT2D eigenvalue weighted by molar-refractivity contribution is 0.216. The second-order valence-electron chi connectivity index (χ2n) is 6.24. The largest absolute Gasteiger partial charge is 0.496 e. The molecule has 0 spiro atoms. The summed E-state index contributed by atoms with van der Waals surface area (Å²) in [5.41, 5.74) is 6.18. The Morgan fingerprint density at radius 2 is 1.90 bits per heavy atom. The van der Waals surface area contributed by atoms with E-state index in [1.165, 1.54) is 11.4 Å². The molecule has 1 aromatic rings. The Morgan fingerprint density at radius 3 is 2.33 bits per heavy atom. The van der Waals surface area contributed by atoms with Gasteiger partial charge in [0.15, 0.2) is 0 Å². The second kappa shape index (κ2) is 6.34. The maximum atomic E-state index is 12.7. The van der Waals surface area contributed by atoms with Crippen molar-refractivity contribution in [1.29, 1.82) is 0 Å². The molecular formula is C15H26N2O3S. The summed E-state index contributed by atoms with van der Waals surface area (Å²) in [5, 5.41) is 0. The van der Waals surface area contributed by atoms with Crippen LogP contribution in [0.15, 0.2) is 23.1 Å². The predicted octanol–water partition coefficient (Wildman–Crippen LogP) is 2.21. The number of hydrogen-bond donors (Lipinski definition) is 1. The predicted molar refractivity (Wildman–Crippen MR) is 84.8 cm³/mol. The van der Waals surface area contributed by atoms with Crippen LogP contribution in [0.5, 0.6) is 5.75 Å². The van der Waals surface area contributed by atoms with E-state index in [4.69, 9.17) is 10.5 Å². The quantitative estimate of drug-likeness (QED) is 0.904. The van der Waals surface area contributed by atoms with Crippen molar-refractivity contribution in [2.45, 2.75) is 45.2 Å². The van der Waals surface area contributed by atoms with E-state index < -0.39 is 10.0 Å². The van der Waals surface area contributed by atoms with Crippen LogP contribution in [0.4, 0.5) is 0 Å². The fourth-order valence-electron chi connectivity index (χ4n) is 1.99. The van der Waals surface area contributed by atoms with Crippen LogP contribution in [0.1, 0.15) is 33.3 Å². The highest BCUT2D eigenvalue weighted by molar-refractivity contribution is 7.89. The Kier molecular flexibility index (Phi) is 5.41. The minimum atomic E-state index is -3.56. The van der Waals surface area contributed by atoms with E-state index >= 15 is 0 Å². The molecule has 5 nitrogen and oxygen atoms in total. The molecule has 6 heteroatoms. The highest BCUT2D eigenvalue weighted by atomic mass is 32.2. The molecule has 0 aromatic heterocycles. The molecule has 0 bridgehead atoms. The first-order valence-corrected chi connectivity index (χ1v) is 8.34. The van der Waals surface area contributed by atoms with Crippen molar-refractivity contribution in [2.24, 2.45) is 11.1 Å². The summed E-state index contributed by atoms with van der Waals surface area (Å²) in [7, 11) is -0.410. The van der Waals surface area contributed by atoms with Gasteiger partial charge in [-0.3, -0.25) is 0 Å². The Bertz CT molecular complexity index is 591. The molecule has 0 amide bonds. The van der Waals surface area contributed by atoms with Gasteiger partial charge < -0.3 is 10.5 Å². The molecule has 1 aromatic carbocycles. The average Bonchev–Trinajstić information content (AvgIpc) is 2.43. The summed E-state index contributed by atoms with van der Waals surface area (Å²) in [6.07, 6.45) is 0. The van der Waals surface area contributed by atoms with Crippen LogP contribution >= 0.6 is 0 Å². The third-order valence-corrected chi connectivity index (χ3v) is 5.87. The summed E-state index contributed by atoms with van der Waals surface area (Å²) in [6, 6.07) is 4.65. The highest BCUT2D eigenvalue weighted by Crippen LogP contribution is 2.29. The fourth-order valence-corrected chi connectivity index (χ4v) is 3.59. The van der Waals surface area contributed by atoms with Crippen LogP contribution in [0.25, 0.3) is 0 Å². The summed E-state index contributed by atoms with van der Waals surface area (Å²) in [5.74, 6) is 0.600. The lowest BCUT2D eigenvalue weighted by atomic mass is 9.88. The first-order valence-electron chi connectivity index (χ1n) is 6.90. The summed E-state index contributed by atoms with van der Waals surface area (Å²) in [4.78, 5) is 0.238. The van der Waals surface area contributed by atoms with Crippen molar-refractivity contribution < 1.29 is 13.2 Å². The van der Waals surface area contributed by atoms with Gasteiger partial charge in [-0.15, -0.1) is 0 Å². The molecule has 1 atom stereocenters. The third-order valence-electron chi connectivity index (χ3n) is 3.95. The van der Waals surface area contributed by atoms with E-state index in [9.17, 15) is 8.42 Å². The van der Waals surface area contributed by atoms with E-state index in [2.05, 4.69) is 0 Å². The molecule has 2 N–H and O–H groups in total. The zero-order valence-corrected chi connectivity index (χ0v) is 14.5. The van der Waals surface area contributed by atoms with Gasteiger partial charge in [-0.25, -0.2) is 8.42 Å². The lowest BCUT2D eigenvalue weighted by Gasteiger charge is -2.34. The molecular weight excluding hydrogens is 288 g/mol. The van der Waals surface area contributed by atoms with Gasteiger partial charge in [-0.2, -0.15) is 4.31 Å². The molecule has 0 saturated carbocycles. The number of methoxy groups -OCH3 is 1. The number of ether oxygens (including phenoxy) is 1. The lowest BCUT2D eigenvalue weighted by Crippen LogP contribution is -2.42.